The van der Waals surface area contributed by atoms with Crippen molar-refractivity contribution in [3.05, 3.63) is 11.8 Å². The van der Waals surface area contributed by atoms with E-state index in [1.54, 1.807) is 6.92 Å². The number of allylic oxidation sites excluding steroid dienone is 1. The van der Waals surface area contributed by atoms with Crippen molar-refractivity contribution in [2.75, 3.05) is 0 Å². The first kappa shape index (κ1) is 7.08. The fourth-order valence-corrected chi connectivity index (χ4v) is 0.228. The zero-order chi connectivity index (χ0) is 6.57. The minimum absolute atomic E-state index is 0.0393. The lowest BCUT2D eigenvalue weighted by molar-refractivity contribution is -0.113. The average molecular weight is 111 g/mol. The molecule has 0 fully saturated rings. The van der Waals surface area contributed by atoms with E-state index in [4.69, 9.17) is 0 Å². The van der Waals surface area contributed by atoms with Gasteiger partial charge in [-0.1, -0.05) is 0 Å². The molecule has 0 N–H and O–H groups in total. The van der Waals surface area contributed by atoms with E-state index in [1.807, 2.05) is 0 Å². The molecule has 0 aromatic carbocycles. The molecule has 0 heterocycles. The Hall–Kier alpha value is -0.920. The van der Waals surface area contributed by atoms with E-state index in [2.05, 4.69) is 11.7 Å². The van der Waals surface area contributed by atoms with Crippen LogP contribution in [0.5, 0.6) is 0 Å². The molecule has 0 aromatic heterocycles. The van der Waals surface area contributed by atoms with Crippen molar-refractivity contribution in [1.82, 2.24) is 0 Å². The van der Waals surface area contributed by atoms with E-state index in [0.717, 1.165) is 0 Å². The number of Topliss-reactive ketones (excluding diaryl/α,β-unsaturated/α-hetero) is 1. The van der Waals surface area contributed by atoms with Crippen LogP contribution in [0.1, 0.15) is 13.8 Å². The Morgan fingerprint density at radius 3 is 2.25 bits per heavy atom. The summed E-state index contributed by atoms with van der Waals surface area (Å²) in [6.45, 7) is 6.41. The van der Waals surface area contributed by atoms with Crippen LogP contribution in [-0.2, 0) is 4.79 Å². The molecule has 0 unspecified atom stereocenters. The highest BCUT2D eigenvalue weighted by Crippen LogP contribution is 1.91. The first-order valence-electron chi connectivity index (χ1n) is 2.32. The second-order valence-electron chi connectivity index (χ2n) is 1.55. The molecule has 2 heteroatoms. The van der Waals surface area contributed by atoms with E-state index in [9.17, 15) is 4.79 Å². The minimum atomic E-state index is 0.0393. The zero-order valence-electron chi connectivity index (χ0n) is 5.14. The lowest BCUT2D eigenvalue weighted by Gasteiger charge is -1.85. The third-order valence-electron chi connectivity index (χ3n) is 0.840. The Kier molecular flexibility index (Phi) is 2.77. The van der Waals surface area contributed by atoms with Gasteiger partial charge in [0.15, 0.2) is 5.78 Å². The van der Waals surface area contributed by atoms with E-state index < -0.39 is 0 Å². The largest absolute Gasteiger partial charge is 0.295 e. The number of rotatable bonds is 2. The normalized spacial score (nSPS) is 11.0. The van der Waals surface area contributed by atoms with Crippen molar-refractivity contribution < 1.29 is 4.79 Å². The standard InChI is InChI=1S/C6H9NO/c1-5(4-7-3)6(2)8/h4H,3H2,1-2H3/b5-4+. The quantitative estimate of drug-likeness (QED) is 0.388. The molecule has 0 atom stereocenters. The van der Waals surface area contributed by atoms with Crippen LogP contribution < -0.4 is 0 Å². The van der Waals surface area contributed by atoms with Gasteiger partial charge in [0.25, 0.3) is 0 Å². The molecule has 0 aliphatic rings. The van der Waals surface area contributed by atoms with Crippen molar-refractivity contribution in [3.8, 4) is 0 Å². The Labute approximate surface area is 48.9 Å². The molecule has 0 radical (unpaired) electrons. The third kappa shape index (κ3) is 2.29. The van der Waals surface area contributed by atoms with Crippen LogP contribution in [0.2, 0.25) is 0 Å². The Morgan fingerprint density at radius 1 is 1.62 bits per heavy atom. The van der Waals surface area contributed by atoms with Crippen LogP contribution in [0.4, 0.5) is 0 Å². The van der Waals surface area contributed by atoms with E-state index >= 15 is 0 Å². The van der Waals surface area contributed by atoms with Crippen LogP contribution in [0.25, 0.3) is 0 Å². The fourth-order valence-electron chi connectivity index (χ4n) is 0.228. The van der Waals surface area contributed by atoms with Crippen molar-refractivity contribution >= 4 is 12.5 Å². The van der Waals surface area contributed by atoms with Gasteiger partial charge in [-0.05, 0) is 20.6 Å². The monoisotopic (exact) mass is 111 g/mol. The molecule has 0 bridgehead atoms. The summed E-state index contributed by atoms with van der Waals surface area (Å²) in [7, 11) is 0. The molecule has 0 saturated heterocycles. The first-order chi connectivity index (χ1) is 3.68. The van der Waals surface area contributed by atoms with E-state index in [-0.39, 0.29) is 5.78 Å². The van der Waals surface area contributed by atoms with Crippen LogP contribution in [0, 0.1) is 0 Å². The summed E-state index contributed by atoms with van der Waals surface area (Å²) >= 11 is 0. The average Bonchev–Trinajstić information content (AvgIpc) is 1.67. The molecule has 0 aliphatic carbocycles. The highest BCUT2D eigenvalue weighted by molar-refractivity contribution is 5.92. The number of hydrogen-bond acceptors (Lipinski definition) is 2. The predicted molar refractivity (Wildman–Crippen MR) is 34.0 cm³/mol. The van der Waals surface area contributed by atoms with Crippen LogP contribution in [-0.4, -0.2) is 12.5 Å². The minimum Gasteiger partial charge on any atom is -0.295 e. The van der Waals surface area contributed by atoms with Crippen LogP contribution in [0.15, 0.2) is 16.8 Å². The number of ketones is 1. The summed E-state index contributed by atoms with van der Waals surface area (Å²) in [4.78, 5) is 13.8. The molecule has 0 rings (SSSR count). The number of carbonyl (C=O) groups excluding carboxylic acids is 1. The van der Waals surface area contributed by atoms with Gasteiger partial charge in [0.05, 0.1) is 0 Å². The summed E-state index contributed by atoms with van der Waals surface area (Å²) in [6.07, 6.45) is 1.45. The van der Waals surface area contributed by atoms with Gasteiger partial charge in [0, 0.05) is 11.8 Å². The summed E-state index contributed by atoms with van der Waals surface area (Å²) < 4.78 is 0. The van der Waals surface area contributed by atoms with Gasteiger partial charge in [0.2, 0.25) is 0 Å². The first-order valence-corrected chi connectivity index (χ1v) is 2.32. The number of nitrogens with zero attached hydrogens (tertiary/aromatic N) is 1. The molecule has 0 aromatic rings. The second-order valence-corrected chi connectivity index (χ2v) is 1.55. The maximum absolute atomic E-state index is 10.4. The summed E-state index contributed by atoms with van der Waals surface area (Å²) in [5.41, 5.74) is 0.639. The van der Waals surface area contributed by atoms with Gasteiger partial charge in [-0.3, -0.25) is 9.79 Å². The Balaban J connectivity index is 3.99. The Bertz CT molecular complexity index is 135. The van der Waals surface area contributed by atoms with Gasteiger partial charge in [-0.2, -0.15) is 0 Å². The van der Waals surface area contributed by atoms with E-state index in [0.29, 0.717) is 5.57 Å². The van der Waals surface area contributed by atoms with Crippen molar-refractivity contribution in [2.24, 2.45) is 4.99 Å². The van der Waals surface area contributed by atoms with Crippen molar-refractivity contribution in [3.63, 3.8) is 0 Å². The van der Waals surface area contributed by atoms with Crippen LogP contribution in [0.3, 0.4) is 0 Å². The molecular weight excluding hydrogens is 102 g/mol. The van der Waals surface area contributed by atoms with Crippen molar-refractivity contribution in [1.29, 1.82) is 0 Å². The second kappa shape index (κ2) is 3.13. The number of carbonyl (C=O) groups is 1. The van der Waals surface area contributed by atoms with Gasteiger partial charge in [-0.25, -0.2) is 0 Å². The molecule has 0 spiro atoms. The third-order valence-corrected chi connectivity index (χ3v) is 0.840. The van der Waals surface area contributed by atoms with Gasteiger partial charge in [0.1, 0.15) is 0 Å². The fraction of sp³-hybridized carbons (Fsp3) is 0.333. The zero-order valence-corrected chi connectivity index (χ0v) is 5.14. The molecule has 0 amide bonds. The molecule has 44 valence electrons. The summed E-state index contributed by atoms with van der Waals surface area (Å²) in [6, 6.07) is 0. The van der Waals surface area contributed by atoms with Gasteiger partial charge < -0.3 is 0 Å². The highest BCUT2D eigenvalue weighted by atomic mass is 16.1. The maximum atomic E-state index is 10.4. The number of aliphatic imine (C=N–C) groups is 1. The molecular formula is C6H9NO. The highest BCUT2D eigenvalue weighted by Gasteiger charge is 1.91. The summed E-state index contributed by atoms with van der Waals surface area (Å²) in [5.74, 6) is 0.0393. The lowest BCUT2D eigenvalue weighted by atomic mass is 10.2. The molecule has 0 aliphatic heterocycles. The molecule has 0 saturated carbocycles. The van der Waals surface area contributed by atoms with Gasteiger partial charge in [-0.15, -0.1) is 0 Å². The topological polar surface area (TPSA) is 29.4 Å². The summed E-state index contributed by atoms with van der Waals surface area (Å²) in [5, 5.41) is 0. The maximum Gasteiger partial charge on any atom is 0.157 e. The van der Waals surface area contributed by atoms with Crippen LogP contribution >= 0.6 is 0 Å². The van der Waals surface area contributed by atoms with E-state index in [1.165, 1.54) is 13.1 Å². The Morgan fingerprint density at radius 2 is 2.12 bits per heavy atom. The smallest absolute Gasteiger partial charge is 0.157 e. The van der Waals surface area contributed by atoms with Crippen molar-refractivity contribution in [2.45, 2.75) is 13.8 Å². The number of hydrogen-bond donors (Lipinski definition) is 0. The predicted octanol–water partition coefficient (Wildman–Crippen LogP) is 1.18. The van der Waals surface area contributed by atoms with Gasteiger partial charge >= 0.3 is 0 Å². The lowest BCUT2D eigenvalue weighted by Crippen LogP contribution is -1.89. The molecule has 8 heavy (non-hydrogen) atoms. The molecule has 2 nitrogen and oxygen atoms in total. The SMILES string of the molecule is C=N/C=C(\C)C(C)=O.